The number of aromatic nitrogens is 1. The van der Waals surface area contributed by atoms with Crippen molar-refractivity contribution >= 4 is 28.5 Å². The average Bonchev–Trinajstić information content (AvgIpc) is 3.87. The van der Waals surface area contributed by atoms with E-state index in [9.17, 15) is 15.0 Å². The molecule has 6 aliphatic rings. The van der Waals surface area contributed by atoms with Gasteiger partial charge in [-0.1, -0.05) is 55.8 Å². The molecule has 1 spiro atoms. The minimum Gasteiger partial charge on any atom is -0.496 e. The highest BCUT2D eigenvalue weighted by atomic mass is 16.5. The van der Waals surface area contributed by atoms with Gasteiger partial charge >= 0.3 is 5.97 Å². The summed E-state index contributed by atoms with van der Waals surface area (Å²) in [4.78, 5) is 39.9. The summed E-state index contributed by atoms with van der Waals surface area (Å²) in [5.41, 5.74) is 3.42. The van der Waals surface area contributed by atoms with Gasteiger partial charge in [0.25, 0.3) is 5.91 Å². The van der Waals surface area contributed by atoms with E-state index < -0.39 is 39.9 Å². The Bertz CT molecular complexity index is 2150. The first-order chi connectivity index (χ1) is 26.5. The molecule has 5 aliphatic heterocycles. The Morgan fingerprint density at radius 2 is 1.91 bits per heavy atom. The third kappa shape index (κ3) is 4.51. The quantitative estimate of drug-likeness (QED) is 0.0835. The van der Waals surface area contributed by atoms with Gasteiger partial charge in [0.05, 0.1) is 20.3 Å². The maximum atomic E-state index is 15.2. The number of nitrogens with one attached hydrogen (secondary N) is 2. The monoisotopic (exact) mass is 750 g/mol. The van der Waals surface area contributed by atoms with Gasteiger partial charge in [0.1, 0.15) is 17.3 Å². The Labute approximate surface area is 322 Å². The fourth-order valence-electron chi connectivity index (χ4n) is 12.7. The number of amides is 1. The van der Waals surface area contributed by atoms with Crippen LogP contribution in [0.2, 0.25) is 0 Å². The van der Waals surface area contributed by atoms with Crippen molar-refractivity contribution in [1.29, 1.82) is 0 Å². The molecule has 0 radical (unpaired) electrons. The number of aliphatic hydroxyl groups is 2. The summed E-state index contributed by atoms with van der Waals surface area (Å²) in [6, 6.07) is 11.2. The summed E-state index contributed by atoms with van der Waals surface area (Å²) in [7, 11) is 4.97. The fraction of sp³-hybridized carbons (Fsp3) is 0.535. The second-order valence-electron chi connectivity index (χ2n) is 16.9. The number of H-pyrrole nitrogens is 1. The van der Waals surface area contributed by atoms with Gasteiger partial charge in [-0.25, -0.2) is 5.84 Å². The number of hydrazine groups is 1. The van der Waals surface area contributed by atoms with Crippen LogP contribution in [0, 0.1) is 11.3 Å². The Hall–Kier alpha value is -4.20. The predicted octanol–water partition coefficient (Wildman–Crippen LogP) is 3.04. The first-order valence-electron chi connectivity index (χ1n) is 19.9. The van der Waals surface area contributed by atoms with Crippen molar-refractivity contribution in [1.82, 2.24) is 20.2 Å². The molecule has 2 bridgehead atoms. The number of fused-ring (bicyclic) bond motifs is 6. The number of nitrogens with zero attached hydrogens (tertiary/aromatic N) is 3. The van der Waals surface area contributed by atoms with Crippen molar-refractivity contribution in [3.8, 4) is 5.75 Å². The summed E-state index contributed by atoms with van der Waals surface area (Å²) in [5.74, 6) is 5.18. The third-order valence-corrected chi connectivity index (χ3v) is 14.8. The summed E-state index contributed by atoms with van der Waals surface area (Å²) >= 11 is 0. The van der Waals surface area contributed by atoms with Crippen LogP contribution >= 0.6 is 0 Å². The first kappa shape index (κ1) is 36.4. The van der Waals surface area contributed by atoms with E-state index in [-0.39, 0.29) is 17.9 Å². The summed E-state index contributed by atoms with van der Waals surface area (Å²) in [6.07, 6.45) is 8.21. The second-order valence-corrected chi connectivity index (χ2v) is 16.9. The molecule has 2 fully saturated rings. The molecule has 1 saturated heterocycles. The van der Waals surface area contributed by atoms with Crippen LogP contribution in [0.15, 0.2) is 60.2 Å². The smallest absolute Gasteiger partial charge is 0.322 e. The summed E-state index contributed by atoms with van der Waals surface area (Å²) in [5, 5.41) is 26.4. The van der Waals surface area contributed by atoms with Gasteiger partial charge in [-0.3, -0.25) is 24.8 Å². The molecule has 55 heavy (non-hydrogen) atoms. The fourth-order valence-corrected chi connectivity index (χ4v) is 12.7. The van der Waals surface area contributed by atoms with Crippen molar-refractivity contribution in [2.24, 2.45) is 17.2 Å². The summed E-state index contributed by atoms with van der Waals surface area (Å²) < 4.78 is 12.3. The number of ether oxygens (including phenoxy) is 2. The number of aliphatic hydroxyl groups excluding tert-OH is 1. The van der Waals surface area contributed by atoms with Crippen LogP contribution in [0.3, 0.4) is 0 Å². The Morgan fingerprint density at radius 1 is 1.11 bits per heavy atom. The molecule has 6 heterocycles. The molecule has 1 aliphatic carbocycles. The van der Waals surface area contributed by atoms with Crippen molar-refractivity contribution in [3.05, 3.63) is 82.6 Å². The molecule has 2 aromatic carbocycles. The largest absolute Gasteiger partial charge is 0.496 e. The zero-order valence-corrected chi connectivity index (χ0v) is 32.5. The van der Waals surface area contributed by atoms with Gasteiger partial charge in [-0.2, -0.15) is 0 Å². The number of nitrogens with two attached hydrogens (primary N) is 1. The SMILES string of the molecule is CCC1=CC2CN(CCc3c([nH]c4ccccc34)C(C(=O)OC)(c3cc4c(cc3OC)N(C)C3C(O)(C(=O)NN)C(O)C5(CC)C=CCN6CCC43C65)C2)C1. The Balaban J connectivity index is 1.37. The predicted molar refractivity (Wildman–Crippen MR) is 210 cm³/mol. The van der Waals surface area contributed by atoms with Crippen molar-refractivity contribution in [2.75, 3.05) is 58.9 Å². The lowest BCUT2D eigenvalue weighted by atomic mass is 9.47. The highest BCUT2D eigenvalue weighted by Gasteiger charge is 2.78. The molecule has 12 heteroatoms. The first-order valence-corrected chi connectivity index (χ1v) is 19.9. The number of likely N-dealkylation sites (N-methyl/N-ethyl adjacent to an activating group) is 1. The third-order valence-electron chi connectivity index (χ3n) is 14.8. The maximum Gasteiger partial charge on any atom is 0.322 e. The van der Waals surface area contributed by atoms with E-state index in [0.717, 1.165) is 65.9 Å². The highest BCUT2D eigenvalue weighted by molar-refractivity contribution is 5.95. The molecule has 6 N–H and O–H groups in total. The molecule has 1 saturated carbocycles. The number of hydrogen-bond acceptors (Lipinski definition) is 10. The number of benzene rings is 2. The standard InChI is InChI=1S/C43H54N6O6/c1-6-25-19-26-22-42(39(52)55-5,34-28(13-17-48(23-25)24-26)27-11-8-9-12-31(27)45-34)30-20-29-32(21-33(30)54-4)47(3)36-41(29)15-18-49-16-10-14-40(7-2,35(41)49)37(50)43(36,53)38(51)46-44/h8-12,14,19-21,26,35-37,45,50,53H,6-7,13,15-18,22-24,44H2,1-5H3,(H,46,51). The van der Waals surface area contributed by atoms with Gasteiger partial charge in [0.2, 0.25) is 0 Å². The van der Waals surface area contributed by atoms with Crippen LogP contribution in [0.25, 0.3) is 10.9 Å². The number of carbonyl (C=O) groups is 2. The number of carbonyl (C=O) groups excluding carboxylic acids is 2. The molecule has 9 rings (SSSR count). The minimum atomic E-state index is -2.28. The van der Waals surface area contributed by atoms with Gasteiger partial charge in [0.15, 0.2) is 5.60 Å². The molecule has 9 unspecified atom stereocenters. The number of anilines is 1. The van der Waals surface area contributed by atoms with Crippen LogP contribution in [-0.4, -0.2) is 115 Å². The zero-order valence-electron chi connectivity index (χ0n) is 32.5. The average molecular weight is 751 g/mol. The van der Waals surface area contributed by atoms with Gasteiger partial charge in [-0.15, -0.1) is 0 Å². The van der Waals surface area contributed by atoms with Crippen LogP contribution in [0.5, 0.6) is 5.75 Å². The second kappa shape index (κ2) is 12.7. The molecule has 1 amide bonds. The lowest BCUT2D eigenvalue weighted by Crippen LogP contribution is -2.82. The van der Waals surface area contributed by atoms with Crippen LogP contribution in [-0.2, 0) is 31.6 Å². The molecule has 9 atom stereocenters. The van der Waals surface area contributed by atoms with Crippen molar-refractivity contribution in [3.63, 3.8) is 0 Å². The lowest BCUT2D eigenvalue weighted by Gasteiger charge is -2.63. The van der Waals surface area contributed by atoms with Gasteiger partial charge in [-0.05, 0) is 67.8 Å². The topological polar surface area (TPSA) is 157 Å². The molecular formula is C43H54N6O6. The molecule has 1 aromatic heterocycles. The highest BCUT2D eigenvalue weighted by Crippen LogP contribution is 2.67. The van der Waals surface area contributed by atoms with E-state index in [1.165, 1.54) is 12.7 Å². The minimum absolute atomic E-state index is 0.0353. The van der Waals surface area contributed by atoms with Crippen LogP contribution in [0.1, 0.15) is 61.9 Å². The van der Waals surface area contributed by atoms with E-state index in [2.05, 4.69) is 57.5 Å². The van der Waals surface area contributed by atoms with Crippen LogP contribution in [0.4, 0.5) is 5.69 Å². The molecule has 292 valence electrons. The van der Waals surface area contributed by atoms with Crippen LogP contribution < -0.4 is 20.9 Å². The number of para-hydroxylation sites is 1. The van der Waals surface area contributed by atoms with Gasteiger partial charge in [0, 0.05) is 84.0 Å². The molecule has 3 aromatic rings. The van der Waals surface area contributed by atoms with E-state index in [0.29, 0.717) is 43.7 Å². The number of esters is 1. The molecule has 12 nitrogen and oxygen atoms in total. The Kier molecular flexibility index (Phi) is 8.39. The lowest BCUT2D eigenvalue weighted by molar-refractivity contribution is -0.203. The molecular weight excluding hydrogens is 697 g/mol. The zero-order chi connectivity index (χ0) is 38.7. The van der Waals surface area contributed by atoms with Crippen molar-refractivity contribution < 1.29 is 29.3 Å². The number of hydrogen-bond donors (Lipinski definition) is 5. The normalized spacial score (nSPS) is 36.1. The maximum absolute atomic E-state index is 15.2. The van der Waals surface area contributed by atoms with E-state index in [1.807, 2.05) is 43.1 Å². The van der Waals surface area contributed by atoms with Crippen molar-refractivity contribution in [2.45, 2.75) is 80.6 Å². The Morgan fingerprint density at radius 3 is 2.64 bits per heavy atom. The number of methoxy groups -OCH3 is 2. The van der Waals surface area contributed by atoms with E-state index in [1.54, 1.807) is 7.11 Å². The van der Waals surface area contributed by atoms with Gasteiger partial charge < -0.3 is 29.6 Å². The van der Waals surface area contributed by atoms with E-state index in [4.69, 9.17) is 15.3 Å². The summed E-state index contributed by atoms with van der Waals surface area (Å²) in [6.45, 7) is 8.16. The number of rotatable bonds is 6. The van der Waals surface area contributed by atoms with E-state index >= 15 is 4.79 Å². The number of aromatic amines is 1.